The van der Waals surface area contributed by atoms with Gasteiger partial charge in [0.1, 0.15) is 0 Å². The number of amides is 4. The molecular formula is C22H32N6O2. The van der Waals surface area contributed by atoms with Gasteiger partial charge in [0.25, 0.3) is 0 Å². The summed E-state index contributed by atoms with van der Waals surface area (Å²) in [6, 6.07) is 9.48. The Morgan fingerprint density at radius 3 is 2.80 bits per heavy atom. The van der Waals surface area contributed by atoms with E-state index in [4.69, 9.17) is 0 Å². The number of carbonyl (C=O) groups is 2. The molecule has 1 fully saturated rings. The number of nitrogens with zero attached hydrogens (tertiary/aromatic N) is 2. The van der Waals surface area contributed by atoms with Crippen LogP contribution in [0, 0.1) is 6.92 Å². The predicted octanol–water partition coefficient (Wildman–Crippen LogP) is 2.84. The van der Waals surface area contributed by atoms with E-state index in [2.05, 4.69) is 38.1 Å². The number of para-hydroxylation sites is 1. The van der Waals surface area contributed by atoms with Crippen molar-refractivity contribution in [2.45, 2.75) is 39.2 Å². The summed E-state index contributed by atoms with van der Waals surface area (Å²) in [5.41, 5.74) is 2.48. The van der Waals surface area contributed by atoms with Crippen LogP contribution in [0.15, 0.2) is 30.3 Å². The largest absolute Gasteiger partial charge is 0.338 e. The molecule has 0 saturated carbocycles. The van der Waals surface area contributed by atoms with Gasteiger partial charge in [0.2, 0.25) is 0 Å². The number of aromatic nitrogens is 1. The van der Waals surface area contributed by atoms with Crippen molar-refractivity contribution < 1.29 is 9.59 Å². The van der Waals surface area contributed by atoms with Crippen LogP contribution >= 0.6 is 0 Å². The maximum absolute atomic E-state index is 12.3. The van der Waals surface area contributed by atoms with Crippen molar-refractivity contribution >= 4 is 28.7 Å². The van der Waals surface area contributed by atoms with Crippen molar-refractivity contribution in [3.8, 4) is 0 Å². The fourth-order valence-corrected chi connectivity index (χ4v) is 3.67. The third-order valence-corrected chi connectivity index (χ3v) is 5.23. The predicted molar refractivity (Wildman–Crippen MR) is 120 cm³/mol. The fraction of sp³-hybridized carbons (Fsp3) is 0.500. The van der Waals surface area contributed by atoms with Crippen molar-refractivity contribution in [1.29, 1.82) is 0 Å². The zero-order valence-electron chi connectivity index (χ0n) is 17.8. The van der Waals surface area contributed by atoms with E-state index in [9.17, 15) is 9.59 Å². The Kier molecular flexibility index (Phi) is 7.84. The number of pyridine rings is 1. The van der Waals surface area contributed by atoms with Gasteiger partial charge in [0, 0.05) is 49.8 Å². The third kappa shape index (κ3) is 6.32. The summed E-state index contributed by atoms with van der Waals surface area (Å²) in [6.07, 6.45) is 2.98. The van der Waals surface area contributed by atoms with E-state index in [1.165, 1.54) is 0 Å². The number of aryl methyl sites for hydroxylation is 1. The van der Waals surface area contributed by atoms with Crippen LogP contribution in [-0.4, -0.2) is 60.7 Å². The standard InChI is InChI=1S/C22H32N6O2/c1-3-4-10-23-21(29)26-17-9-12-28(15-17)13-11-24-22(30)27-20-14-16(2)25-19-8-6-5-7-18(19)20/h5-8,14,17H,3-4,9-13,15H2,1-2H3,(H2,23,26,29)(H2,24,25,27,30). The minimum Gasteiger partial charge on any atom is -0.338 e. The summed E-state index contributed by atoms with van der Waals surface area (Å²) in [6.45, 7) is 7.74. The van der Waals surface area contributed by atoms with E-state index in [0.29, 0.717) is 13.1 Å². The van der Waals surface area contributed by atoms with E-state index < -0.39 is 0 Å². The maximum Gasteiger partial charge on any atom is 0.319 e. The summed E-state index contributed by atoms with van der Waals surface area (Å²) in [5.74, 6) is 0. The smallest absolute Gasteiger partial charge is 0.319 e. The molecule has 1 aromatic heterocycles. The Hall–Kier alpha value is -2.87. The zero-order chi connectivity index (χ0) is 21.3. The molecule has 0 spiro atoms. The van der Waals surface area contributed by atoms with Crippen LogP contribution < -0.4 is 21.3 Å². The number of nitrogens with one attached hydrogen (secondary N) is 4. The molecule has 0 aliphatic carbocycles. The van der Waals surface area contributed by atoms with Crippen molar-refractivity contribution in [2.24, 2.45) is 0 Å². The number of rotatable bonds is 8. The number of likely N-dealkylation sites (tertiary alicyclic amines) is 1. The Morgan fingerprint density at radius 2 is 1.97 bits per heavy atom. The molecule has 1 aromatic carbocycles. The number of hydrogen-bond acceptors (Lipinski definition) is 4. The first-order valence-electron chi connectivity index (χ1n) is 10.7. The van der Waals surface area contributed by atoms with Crippen LogP contribution in [0.3, 0.4) is 0 Å². The van der Waals surface area contributed by atoms with Gasteiger partial charge in [0.05, 0.1) is 11.2 Å². The molecule has 2 heterocycles. The molecule has 1 saturated heterocycles. The van der Waals surface area contributed by atoms with Crippen molar-refractivity contribution in [2.75, 3.05) is 38.0 Å². The second-order valence-corrected chi connectivity index (χ2v) is 7.75. The van der Waals surface area contributed by atoms with E-state index >= 15 is 0 Å². The minimum atomic E-state index is -0.227. The first kappa shape index (κ1) is 21.8. The Morgan fingerprint density at radius 1 is 1.17 bits per heavy atom. The molecule has 1 aliphatic rings. The van der Waals surface area contributed by atoms with Crippen molar-refractivity contribution in [3.05, 3.63) is 36.0 Å². The number of anilines is 1. The second kappa shape index (κ2) is 10.8. The van der Waals surface area contributed by atoms with Gasteiger partial charge in [0.15, 0.2) is 0 Å². The highest BCUT2D eigenvalue weighted by Gasteiger charge is 2.23. The highest BCUT2D eigenvalue weighted by molar-refractivity contribution is 6.00. The van der Waals surface area contributed by atoms with Crippen LogP contribution in [0.4, 0.5) is 15.3 Å². The number of fused-ring (bicyclic) bond motifs is 1. The summed E-state index contributed by atoms with van der Waals surface area (Å²) in [4.78, 5) is 31.0. The summed E-state index contributed by atoms with van der Waals surface area (Å²) in [7, 11) is 0. The highest BCUT2D eigenvalue weighted by Crippen LogP contribution is 2.22. The number of urea groups is 2. The van der Waals surface area contributed by atoms with E-state index in [0.717, 1.165) is 61.2 Å². The van der Waals surface area contributed by atoms with E-state index in [1.807, 2.05) is 37.3 Å². The molecule has 4 N–H and O–H groups in total. The third-order valence-electron chi connectivity index (χ3n) is 5.23. The van der Waals surface area contributed by atoms with Gasteiger partial charge >= 0.3 is 12.1 Å². The molecule has 1 unspecified atom stereocenters. The van der Waals surface area contributed by atoms with Crippen LogP contribution in [0.2, 0.25) is 0 Å². The average molecular weight is 413 g/mol. The van der Waals surface area contributed by atoms with Crippen molar-refractivity contribution in [3.63, 3.8) is 0 Å². The van der Waals surface area contributed by atoms with Gasteiger partial charge in [-0.3, -0.25) is 9.88 Å². The Labute approximate surface area is 177 Å². The quantitative estimate of drug-likeness (QED) is 0.501. The lowest BCUT2D eigenvalue weighted by molar-refractivity contribution is 0.236. The van der Waals surface area contributed by atoms with Crippen LogP contribution in [0.25, 0.3) is 10.9 Å². The monoisotopic (exact) mass is 412 g/mol. The van der Waals surface area contributed by atoms with Crippen LogP contribution in [-0.2, 0) is 0 Å². The Balaban J connectivity index is 1.39. The zero-order valence-corrected chi connectivity index (χ0v) is 17.8. The molecule has 0 bridgehead atoms. The molecule has 1 aliphatic heterocycles. The molecule has 4 amide bonds. The van der Waals surface area contributed by atoms with E-state index in [1.54, 1.807) is 0 Å². The molecule has 162 valence electrons. The topological polar surface area (TPSA) is 98.4 Å². The fourth-order valence-electron chi connectivity index (χ4n) is 3.67. The maximum atomic E-state index is 12.3. The molecule has 2 aromatic rings. The molecule has 3 rings (SSSR count). The Bertz CT molecular complexity index is 872. The first-order chi connectivity index (χ1) is 14.5. The molecule has 8 heteroatoms. The van der Waals surface area contributed by atoms with Gasteiger partial charge in [-0.15, -0.1) is 0 Å². The van der Waals surface area contributed by atoms with Crippen LogP contribution in [0.1, 0.15) is 31.9 Å². The number of carbonyl (C=O) groups excluding carboxylic acids is 2. The lowest BCUT2D eigenvalue weighted by Gasteiger charge is -2.17. The van der Waals surface area contributed by atoms with Gasteiger partial charge < -0.3 is 21.3 Å². The summed E-state index contributed by atoms with van der Waals surface area (Å²) < 4.78 is 0. The average Bonchev–Trinajstić information content (AvgIpc) is 3.15. The molecule has 30 heavy (non-hydrogen) atoms. The molecule has 1 atom stereocenters. The molecule has 8 nitrogen and oxygen atoms in total. The minimum absolute atomic E-state index is 0.0901. The summed E-state index contributed by atoms with van der Waals surface area (Å²) in [5, 5.41) is 12.7. The lowest BCUT2D eigenvalue weighted by atomic mass is 10.1. The van der Waals surface area contributed by atoms with Gasteiger partial charge in [-0.05, 0) is 31.9 Å². The number of benzene rings is 1. The first-order valence-corrected chi connectivity index (χ1v) is 10.7. The van der Waals surface area contributed by atoms with Crippen LogP contribution in [0.5, 0.6) is 0 Å². The molecule has 0 radical (unpaired) electrons. The normalized spacial score (nSPS) is 16.4. The van der Waals surface area contributed by atoms with Gasteiger partial charge in [-0.1, -0.05) is 31.5 Å². The molecular weight excluding hydrogens is 380 g/mol. The van der Waals surface area contributed by atoms with Gasteiger partial charge in [-0.25, -0.2) is 9.59 Å². The highest BCUT2D eigenvalue weighted by atomic mass is 16.2. The van der Waals surface area contributed by atoms with Gasteiger partial charge in [-0.2, -0.15) is 0 Å². The number of unbranched alkanes of at least 4 members (excludes halogenated alkanes) is 1. The SMILES string of the molecule is CCCCNC(=O)NC1CCN(CCNC(=O)Nc2cc(C)nc3ccccc23)C1. The lowest BCUT2D eigenvalue weighted by Crippen LogP contribution is -2.44. The van der Waals surface area contributed by atoms with E-state index in [-0.39, 0.29) is 18.1 Å². The second-order valence-electron chi connectivity index (χ2n) is 7.75. The number of hydrogen-bond donors (Lipinski definition) is 4. The van der Waals surface area contributed by atoms with Crippen molar-refractivity contribution in [1.82, 2.24) is 25.8 Å². The summed E-state index contributed by atoms with van der Waals surface area (Å²) >= 11 is 0.